The van der Waals surface area contributed by atoms with Gasteiger partial charge in [-0.3, -0.25) is 0 Å². The Morgan fingerprint density at radius 2 is 2.40 bits per heavy atom. The number of hydrogen-bond donors (Lipinski definition) is 1. The summed E-state index contributed by atoms with van der Waals surface area (Å²) in [6, 6.07) is 5.79. The van der Waals surface area contributed by atoms with Crippen LogP contribution in [0.25, 0.3) is 11.0 Å². The van der Waals surface area contributed by atoms with Gasteiger partial charge in [0.1, 0.15) is 5.82 Å². The fourth-order valence-corrected chi connectivity index (χ4v) is 3.34. The predicted molar refractivity (Wildman–Crippen MR) is 65.5 cm³/mol. The summed E-state index contributed by atoms with van der Waals surface area (Å²) in [7, 11) is 0. The highest BCUT2D eigenvalue weighted by Crippen LogP contribution is 2.39. The zero-order valence-electron chi connectivity index (χ0n) is 8.16. The Kier molecular flexibility index (Phi) is 2.37. The van der Waals surface area contributed by atoms with Gasteiger partial charge in [-0.05, 0) is 36.8 Å². The Morgan fingerprint density at radius 1 is 1.47 bits per heavy atom. The Bertz CT molecular complexity index is 488. The first kappa shape index (κ1) is 9.55. The van der Waals surface area contributed by atoms with Crippen LogP contribution >= 0.6 is 23.4 Å². The lowest BCUT2D eigenvalue weighted by atomic mass is 10.2. The Hall–Kier alpha value is -0.670. The molecule has 2 heterocycles. The van der Waals surface area contributed by atoms with Crippen molar-refractivity contribution in [2.75, 3.05) is 5.75 Å². The summed E-state index contributed by atoms with van der Waals surface area (Å²) in [6.45, 7) is 0. The highest BCUT2D eigenvalue weighted by atomic mass is 35.5. The highest BCUT2D eigenvalue weighted by Gasteiger charge is 2.20. The molecule has 1 unspecified atom stereocenters. The molecule has 2 aromatic rings. The molecule has 1 aliphatic rings. The number of halogens is 1. The van der Waals surface area contributed by atoms with Gasteiger partial charge in [0.05, 0.1) is 16.3 Å². The predicted octanol–water partition coefficient (Wildman–Crippen LogP) is 3.78. The molecule has 4 heteroatoms. The van der Waals surface area contributed by atoms with Crippen molar-refractivity contribution in [3.05, 3.63) is 29.0 Å². The summed E-state index contributed by atoms with van der Waals surface area (Å²) < 4.78 is 0. The van der Waals surface area contributed by atoms with Crippen LogP contribution in [0.5, 0.6) is 0 Å². The van der Waals surface area contributed by atoms with E-state index in [4.69, 9.17) is 11.6 Å². The standard InChI is InChI=1S/C11H11ClN2S/c12-7-3-4-8-9(6-7)14-11(13-8)10-2-1-5-15-10/h3-4,6,10H,1-2,5H2,(H,13,14). The summed E-state index contributed by atoms with van der Waals surface area (Å²) in [5.41, 5.74) is 2.06. The number of thioether (sulfide) groups is 1. The third kappa shape index (κ3) is 1.74. The van der Waals surface area contributed by atoms with Crippen molar-refractivity contribution in [2.45, 2.75) is 18.1 Å². The number of nitrogens with one attached hydrogen (secondary N) is 1. The van der Waals surface area contributed by atoms with E-state index in [-0.39, 0.29) is 0 Å². The van der Waals surface area contributed by atoms with Gasteiger partial charge in [-0.1, -0.05) is 11.6 Å². The van der Waals surface area contributed by atoms with Crippen LogP contribution in [0.15, 0.2) is 18.2 Å². The van der Waals surface area contributed by atoms with Gasteiger partial charge in [-0.25, -0.2) is 4.98 Å². The lowest BCUT2D eigenvalue weighted by molar-refractivity contribution is 0.793. The van der Waals surface area contributed by atoms with Gasteiger partial charge >= 0.3 is 0 Å². The molecular formula is C11H11ClN2S. The van der Waals surface area contributed by atoms with E-state index in [1.54, 1.807) is 0 Å². The third-order valence-electron chi connectivity index (χ3n) is 2.70. The van der Waals surface area contributed by atoms with Crippen LogP contribution in [-0.4, -0.2) is 15.7 Å². The Balaban J connectivity index is 2.05. The molecule has 3 rings (SSSR count). The zero-order valence-corrected chi connectivity index (χ0v) is 9.74. The first-order valence-corrected chi connectivity index (χ1v) is 6.52. The number of imidazole rings is 1. The average Bonchev–Trinajstić information content (AvgIpc) is 2.84. The minimum Gasteiger partial charge on any atom is -0.341 e. The molecular weight excluding hydrogens is 228 g/mol. The van der Waals surface area contributed by atoms with Crippen LogP contribution in [0.3, 0.4) is 0 Å². The van der Waals surface area contributed by atoms with E-state index in [0.29, 0.717) is 5.25 Å². The number of hydrogen-bond acceptors (Lipinski definition) is 2. The molecule has 15 heavy (non-hydrogen) atoms. The lowest BCUT2D eigenvalue weighted by Crippen LogP contribution is -1.90. The number of aromatic amines is 1. The molecule has 1 aromatic heterocycles. The topological polar surface area (TPSA) is 28.7 Å². The van der Waals surface area contributed by atoms with Crippen molar-refractivity contribution in [1.29, 1.82) is 0 Å². The molecule has 2 nitrogen and oxygen atoms in total. The van der Waals surface area contributed by atoms with Crippen molar-refractivity contribution < 1.29 is 0 Å². The number of rotatable bonds is 1. The summed E-state index contributed by atoms with van der Waals surface area (Å²) in [5, 5.41) is 1.31. The highest BCUT2D eigenvalue weighted by molar-refractivity contribution is 7.99. The monoisotopic (exact) mass is 238 g/mol. The summed E-state index contributed by atoms with van der Waals surface area (Å²) in [4.78, 5) is 7.96. The number of H-pyrrole nitrogens is 1. The van der Waals surface area contributed by atoms with Gasteiger partial charge in [0.15, 0.2) is 0 Å². The largest absolute Gasteiger partial charge is 0.341 e. The van der Waals surface area contributed by atoms with Gasteiger partial charge in [0.25, 0.3) is 0 Å². The minimum atomic E-state index is 0.552. The smallest absolute Gasteiger partial charge is 0.120 e. The molecule has 0 amide bonds. The Morgan fingerprint density at radius 3 is 3.20 bits per heavy atom. The van der Waals surface area contributed by atoms with Crippen molar-refractivity contribution >= 4 is 34.4 Å². The maximum absolute atomic E-state index is 5.93. The molecule has 1 aliphatic heterocycles. The molecule has 1 fully saturated rings. The van der Waals surface area contributed by atoms with Gasteiger partial charge in [0, 0.05) is 5.02 Å². The molecule has 0 saturated carbocycles. The maximum atomic E-state index is 5.93. The molecule has 78 valence electrons. The average molecular weight is 239 g/mol. The van der Waals surface area contributed by atoms with Crippen LogP contribution in [0.4, 0.5) is 0 Å². The van der Waals surface area contributed by atoms with E-state index in [1.165, 1.54) is 18.6 Å². The molecule has 1 N–H and O–H groups in total. The number of benzene rings is 1. The molecule has 0 aliphatic carbocycles. The third-order valence-corrected chi connectivity index (χ3v) is 4.32. The normalized spacial score (nSPS) is 21.3. The van der Waals surface area contributed by atoms with Crippen molar-refractivity contribution in [2.24, 2.45) is 0 Å². The van der Waals surface area contributed by atoms with Crippen molar-refractivity contribution in [1.82, 2.24) is 9.97 Å². The summed E-state index contributed by atoms with van der Waals surface area (Å²) >= 11 is 7.92. The van der Waals surface area contributed by atoms with E-state index in [2.05, 4.69) is 9.97 Å². The Labute approximate surface area is 97.4 Å². The lowest BCUT2D eigenvalue weighted by Gasteiger charge is -2.01. The number of fused-ring (bicyclic) bond motifs is 1. The fourth-order valence-electron chi connectivity index (χ4n) is 1.95. The molecule has 1 saturated heterocycles. The van der Waals surface area contributed by atoms with Gasteiger partial charge < -0.3 is 4.98 Å². The van der Waals surface area contributed by atoms with E-state index in [9.17, 15) is 0 Å². The molecule has 1 aromatic carbocycles. The maximum Gasteiger partial charge on any atom is 0.120 e. The van der Waals surface area contributed by atoms with E-state index in [0.717, 1.165) is 21.9 Å². The molecule has 0 spiro atoms. The van der Waals surface area contributed by atoms with Crippen LogP contribution in [0, 0.1) is 0 Å². The number of nitrogens with zero attached hydrogens (tertiary/aromatic N) is 1. The van der Waals surface area contributed by atoms with Crippen LogP contribution in [-0.2, 0) is 0 Å². The number of aromatic nitrogens is 2. The quantitative estimate of drug-likeness (QED) is 0.819. The minimum absolute atomic E-state index is 0.552. The van der Waals surface area contributed by atoms with E-state index in [1.807, 2.05) is 30.0 Å². The SMILES string of the molecule is Clc1ccc2nc(C3CCCS3)[nH]c2c1. The summed E-state index contributed by atoms with van der Waals surface area (Å²) in [5.74, 6) is 2.36. The fraction of sp³-hybridized carbons (Fsp3) is 0.364. The second-order valence-electron chi connectivity index (χ2n) is 3.79. The van der Waals surface area contributed by atoms with Gasteiger partial charge in [-0.15, -0.1) is 0 Å². The van der Waals surface area contributed by atoms with Crippen molar-refractivity contribution in [3.8, 4) is 0 Å². The van der Waals surface area contributed by atoms with Crippen molar-refractivity contribution in [3.63, 3.8) is 0 Å². The van der Waals surface area contributed by atoms with Crippen LogP contribution in [0.2, 0.25) is 5.02 Å². The van der Waals surface area contributed by atoms with Gasteiger partial charge in [0.2, 0.25) is 0 Å². The van der Waals surface area contributed by atoms with Gasteiger partial charge in [-0.2, -0.15) is 11.8 Å². The molecule has 1 atom stereocenters. The first-order chi connectivity index (χ1) is 7.33. The second kappa shape index (κ2) is 3.72. The first-order valence-electron chi connectivity index (χ1n) is 5.10. The summed E-state index contributed by atoms with van der Waals surface area (Å²) in [6.07, 6.45) is 2.53. The molecule has 0 radical (unpaired) electrons. The zero-order chi connectivity index (χ0) is 10.3. The van der Waals surface area contributed by atoms with Crippen LogP contribution < -0.4 is 0 Å². The van der Waals surface area contributed by atoms with E-state index < -0.39 is 0 Å². The van der Waals surface area contributed by atoms with E-state index >= 15 is 0 Å². The second-order valence-corrected chi connectivity index (χ2v) is 5.53. The molecule has 0 bridgehead atoms. The van der Waals surface area contributed by atoms with Crippen LogP contribution in [0.1, 0.15) is 23.9 Å².